The summed E-state index contributed by atoms with van der Waals surface area (Å²) in [5.74, 6) is -2.78. The standard InChI is InChI=1S/C8H15NO3.C2HF3O2/c1-5-6(11-2)4-9-7(5)8(10)12-3;3-2(4,5)1(6)7/h5-7,9H,4H2,1-3H3;(H,6,7)/t5-,6+,7-;/m0./s1. The summed E-state index contributed by atoms with van der Waals surface area (Å²) in [5, 5.41) is 10.2. The number of rotatable bonds is 2. The predicted molar refractivity (Wildman–Crippen MR) is 57.5 cm³/mol. The lowest BCUT2D eigenvalue weighted by Gasteiger charge is -2.16. The second kappa shape index (κ2) is 7.29. The monoisotopic (exact) mass is 287 g/mol. The molecule has 1 heterocycles. The van der Waals surface area contributed by atoms with Crippen molar-refractivity contribution < 1.29 is 37.3 Å². The van der Waals surface area contributed by atoms with Crippen LogP contribution in [-0.2, 0) is 19.1 Å². The highest BCUT2D eigenvalue weighted by atomic mass is 19.4. The number of hydrogen-bond donors (Lipinski definition) is 2. The molecule has 0 aromatic heterocycles. The Morgan fingerprint density at radius 3 is 2.05 bits per heavy atom. The second-order valence-electron chi connectivity index (χ2n) is 3.85. The van der Waals surface area contributed by atoms with Gasteiger partial charge >= 0.3 is 18.1 Å². The van der Waals surface area contributed by atoms with Gasteiger partial charge in [-0.3, -0.25) is 4.79 Å². The van der Waals surface area contributed by atoms with E-state index in [1.807, 2.05) is 6.92 Å². The summed E-state index contributed by atoms with van der Waals surface area (Å²) < 4.78 is 41.6. The maximum atomic E-state index is 11.1. The van der Waals surface area contributed by atoms with Gasteiger partial charge in [0.2, 0.25) is 0 Å². The minimum atomic E-state index is -5.08. The average molecular weight is 287 g/mol. The Bertz CT molecular complexity index is 321. The average Bonchev–Trinajstić information content (AvgIpc) is 2.69. The van der Waals surface area contributed by atoms with Crippen molar-refractivity contribution in [3.05, 3.63) is 0 Å². The van der Waals surface area contributed by atoms with Crippen molar-refractivity contribution in [2.45, 2.75) is 25.2 Å². The van der Waals surface area contributed by atoms with Gasteiger partial charge in [-0.15, -0.1) is 0 Å². The van der Waals surface area contributed by atoms with Gasteiger partial charge in [-0.1, -0.05) is 6.92 Å². The first-order valence-electron chi connectivity index (χ1n) is 5.29. The zero-order chi connectivity index (χ0) is 15.2. The molecule has 1 rings (SSSR count). The van der Waals surface area contributed by atoms with E-state index >= 15 is 0 Å². The fourth-order valence-corrected chi connectivity index (χ4v) is 1.55. The number of halogens is 3. The summed E-state index contributed by atoms with van der Waals surface area (Å²) in [4.78, 5) is 20.0. The Kier molecular flexibility index (Phi) is 6.77. The highest BCUT2D eigenvalue weighted by Crippen LogP contribution is 2.18. The highest BCUT2D eigenvalue weighted by Gasteiger charge is 2.38. The van der Waals surface area contributed by atoms with Gasteiger partial charge in [-0.05, 0) is 0 Å². The molecule has 19 heavy (non-hydrogen) atoms. The Morgan fingerprint density at radius 1 is 1.32 bits per heavy atom. The molecular formula is C10H16F3NO5. The summed E-state index contributed by atoms with van der Waals surface area (Å²) in [6, 6.07) is -0.208. The van der Waals surface area contributed by atoms with Crippen LogP contribution in [0.3, 0.4) is 0 Å². The van der Waals surface area contributed by atoms with Crippen LogP contribution < -0.4 is 5.32 Å². The largest absolute Gasteiger partial charge is 0.490 e. The smallest absolute Gasteiger partial charge is 0.475 e. The van der Waals surface area contributed by atoms with Crippen LogP contribution in [0.25, 0.3) is 0 Å². The van der Waals surface area contributed by atoms with E-state index in [0.717, 1.165) is 6.54 Å². The van der Waals surface area contributed by atoms with Gasteiger partial charge in [0.1, 0.15) is 6.04 Å². The Labute approximate surface area is 107 Å². The lowest BCUT2D eigenvalue weighted by molar-refractivity contribution is -0.192. The Balaban J connectivity index is 0.000000399. The van der Waals surface area contributed by atoms with E-state index in [0.29, 0.717) is 0 Å². The molecule has 0 aliphatic carbocycles. The summed E-state index contributed by atoms with van der Waals surface area (Å²) in [6.07, 6.45) is -4.96. The van der Waals surface area contributed by atoms with Crippen molar-refractivity contribution in [2.24, 2.45) is 5.92 Å². The van der Waals surface area contributed by atoms with E-state index in [9.17, 15) is 18.0 Å². The third-order valence-electron chi connectivity index (χ3n) is 2.65. The molecule has 0 amide bonds. The first kappa shape index (κ1) is 17.6. The van der Waals surface area contributed by atoms with Gasteiger partial charge in [0.15, 0.2) is 0 Å². The molecule has 0 unspecified atom stereocenters. The number of carbonyl (C=O) groups is 2. The SMILES string of the molecule is COC(=O)[C@H]1NC[C@@H](OC)[C@@H]1C.O=C(O)C(F)(F)F. The van der Waals surface area contributed by atoms with Gasteiger partial charge in [0.25, 0.3) is 0 Å². The van der Waals surface area contributed by atoms with Crippen LogP contribution in [0.2, 0.25) is 0 Å². The third-order valence-corrected chi connectivity index (χ3v) is 2.65. The minimum Gasteiger partial charge on any atom is -0.475 e. The molecule has 0 radical (unpaired) electrons. The van der Waals surface area contributed by atoms with Gasteiger partial charge < -0.3 is 19.9 Å². The van der Waals surface area contributed by atoms with E-state index in [1.165, 1.54) is 7.11 Å². The van der Waals surface area contributed by atoms with Crippen LogP contribution in [0.4, 0.5) is 13.2 Å². The fourth-order valence-electron chi connectivity index (χ4n) is 1.55. The van der Waals surface area contributed by atoms with Crippen LogP contribution in [0, 0.1) is 5.92 Å². The van der Waals surface area contributed by atoms with Gasteiger partial charge in [0.05, 0.1) is 13.2 Å². The maximum absolute atomic E-state index is 11.1. The molecule has 0 bridgehead atoms. The zero-order valence-corrected chi connectivity index (χ0v) is 10.7. The van der Waals surface area contributed by atoms with Gasteiger partial charge in [0, 0.05) is 19.6 Å². The molecule has 112 valence electrons. The molecule has 0 aromatic carbocycles. The van der Waals surface area contributed by atoms with Crippen LogP contribution >= 0.6 is 0 Å². The fraction of sp³-hybridized carbons (Fsp3) is 0.800. The van der Waals surface area contributed by atoms with Crippen molar-refractivity contribution in [3.63, 3.8) is 0 Å². The molecule has 1 fully saturated rings. The molecule has 9 heteroatoms. The van der Waals surface area contributed by atoms with Crippen molar-refractivity contribution >= 4 is 11.9 Å². The topological polar surface area (TPSA) is 84.9 Å². The number of carboxylic acids is 1. The summed E-state index contributed by atoms with van der Waals surface area (Å²) in [6.45, 7) is 2.70. The number of carbonyl (C=O) groups excluding carboxylic acids is 1. The van der Waals surface area contributed by atoms with Crippen LogP contribution in [0.5, 0.6) is 0 Å². The number of aliphatic carboxylic acids is 1. The first-order chi connectivity index (χ1) is 8.65. The number of carboxylic acid groups (broad SMARTS) is 1. The van der Waals surface area contributed by atoms with E-state index in [1.54, 1.807) is 7.11 Å². The van der Waals surface area contributed by atoms with Crippen molar-refractivity contribution in [3.8, 4) is 0 Å². The molecule has 6 nitrogen and oxygen atoms in total. The van der Waals surface area contributed by atoms with Gasteiger partial charge in [-0.2, -0.15) is 13.2 Å². The number of alkyl halides is 3. The van der Waals surface area contributed by atoms with Crippen LogP contribution in [-0.4, -0.2) is 56.1 Å². The molecule has 0 aromatic rings. The lowest BCUT2D eigenvalue weighted by Crippen LogP contribution is -2.36. The predicted octanol–water partition coefficient (Wildman–Crippen LogP) is 0.416. The molecule has 2 N–H and O–H groups in total. The maximum Gasteiger partial charge on any atom is 0.490 e. The first-order valence-corrected chi connectivity index (χ1v) is 5.29. The third kappa shape index (κ3) is 5.43. The number of esters is 1. The second-order valence-corrected chi connectivity index (χ2v) is 3.85. The van der Waals surface area contributed by atoms with E-state index < -0.39 is 12.1 Å². The van der Waals surface area contributed by atoms with Crippen molar-refractivity contribution in [2.75, 3.05) is 20.8 Å². The van der Waals surface area contributed by atoms with E-state index in [2.05, 4.69) is 10.1 Å². The summed E-state index contributed by atoms with van der Waals surface area (Å²) in [5.41, 5.74) is 0. The van der Waals surface area contributed by atoms with Crippen LogP contribution in [0.1, 0.15) is 6.92 Å². The van der Waals surface area contributed by atoms with Crippen LogP contribution in [0.15, 0.2) is 0 Å². The lowest BCUT2D eigenvalue weighted by atomic mass is 10.0. The summed E-state index contributed by atoms with van der Waals surface area (Å²) >= 11 is 0. The van der Waals surface area contributed by atoms with Crippen molar-refractivity contribution in [1.29, 1.82) is 0 Å². The molecule has 0 spiro atoms. The molecule has 1 aliphatic heterocycles. The number of methoxy groups -OCH3 is 2. The molecule has 1 saturated heterocycles. The Hall–Kier alpha value is -1.35. The minimum absolute atomic E-state index is 0.120. The quantitative estimate of drug-likeness (QED) is 0.716. The number of ether oxygens (including phenoxy) is 2. The van der Waals surface area contributed by atoms with Crippen molar-refractivity contribution in [1.82, 2.24) is 5.32 Å². The molecule has 0 saturated carbocycles. The molecule has 1 aliphatic rings. The number of hydrogen-bond acceptors (Lipinski definition) is 5. The molecule has 3 atom stereocenters. The van der Waals surface area contributed by atoms with E-state index in [4.69, 9.17) is 14.6 Å². The number of nitrogens with one attached hydrogen (secondary N) is 1. The summed E-state index contributed by atoms with van der Waals surface area (Å²) in [7, 11) is 3.05. The normalized spacial score (nSPS) is 26.3. The molecular weight excluding hydrogens is 271 g/mol. The zero-order valence-electron chi connectivity index (χ0n) is 10.7. The Morgan fingerprint density at radius 2 is 1.79 bits per heavy atom. The van der Waals surface area contributed by atoms with E-state index in [-0.39, 0.29) is 24.0 Å². The highest BCUT2D eigenvalue weighted by molar-refractivity contribution is 5.76. The van der Waals surface area contributed by atoms with Gasteiger partial charge in [-0.25, -0.2) is 4.79 Å².